The van der Waals surface area contributed by atoms with Crippen LogP contribution in [0.5, 0.6) is 0 Å². The molecular weight excluding hydrogens is 416 g/mol. The van der Waals surface area contributed by atoms with Crippen LogP contribution in [0, 0.1) is 0 Å². The standard InChI is InChI=1S/C22H22N4O4S/c1-24-22(27)26(18-7-9-21-20(13-18)17(10-11-23)14-25-21)30-31(28,29)19-8-6-15-4-2-3-5-16(15)12-19/h2-9,12-14,25H,10-11,23H2,1H3,(H,24,27). The molecule has 0 radical (unpaired) electrons. The molecule has 160 valence electrons. The summed E-state index contributed by atoms with van der Waals surface area (Å²) in [4.78, 5) is 15.6. The fourth-order valence-corrected chi connectivity index (χ4v) is 4.36. The highest BCUT2D eigenvalue weighted by atomic mass is 32.2. The summed E-state index contributed by atoms with van der Waals surface area (Å²) in [5.74, 6) is 0. The molecule has 0 unspecified atom stereocenters. The van der Waals surface area contributed by atoms with Crippen molar-refractivity contribution in [3.05, 3.63) is 72.4 Å². The van der Waals surface area contributed by atoms with Gasteiger partial charge in [-0.3, -0.25) is 0 Å². The molecule has 0 spiro atoms. The first-order valence-electron chi connectivity index (χ1n) is 9.68. The van der Waals surface area contributed by atoms with Gasteiger partial charge in [-0.2, -0.15) is 13.5 Å². The summed E-state index contributed by atoms with van der Waals surface area (Å²) in [6.45, 7) is 0.461. The molecule has 1 aromatic heterocycles. The van der Waals surface area contributed by atoms with Gasteiger partial charge in [0.1, 0.15) is 0 Å². The van der Waals surface area contributed by atoms with Crippen LogP contribution in [0.4, 0.5) is 10.5 Å². The van der Waals surface area contributed by atoms with Crippen LogP contribution in [0.3, 0.4) is 0 Å². The number of nitrogens with one attached hydrogen (secondary N) is 2. The van der Waals surface area contributed by atoms with Gasteiger partial charge in [-0.25, -0.2) is 4.79 Å². The maximum absolute atomic E-state index is 13.0. The quantitative estimate of drug-likeness (QED) is 0.399. The summed E-state index contributed by atoms with van der Waals surface area (Å²) < 4.78 is 31.3. The summed E-state index contributed by atoms with van der Waals surface area (Å²) >= 11 is 0. The van der Waals surface area contributed by atoms with Crippen molar-refractivity contribution in [1.82, 2.24) is 10.3 Å². The van der Waals surface area contributed by atoms with Crippen molar-refractivity contribution in [2.75, 3.05) is 18.7 Å². The van der Waals surface area contributed by atoms with Crippen LogP contribution in [0.1, 0.15) is 5.56 Å². The van der Waals surface area contributed by atoms with Gasteiger partial charge in [0.05, 0.1) is 10.6 Å². The number of carbonyl (C=O) groups is 1. The zero-order valence-corrected chi connectivity index (χ0v) is 17.6. The Hall–Kier alpha value is -3.40. The van der Waals surface area contributed by atoms with Gasteiger partial charge in [0.2, 0.25) is 0 Å². The number of carbonyl (C=O) groups excluding carboxylic acids is 1. The molecule has 0 aliphatic heterocycles. The topological polar surface area (TPSA) is 118 Å². The number of urea groups is 1. The number of amides is 2. The zero-order chi connectivity index (χ0) is 22.0. The SMILES string of the molecule is CNC(=O)N(OS(=O)(=O)c1ccc2ccccc2c1)c1ccc2[nH]cc(CCN)c2c1. The first-order chi connectivity index (χ1) is 14.9. The molecule has 0 atom stereocenters. The van der Waals surface area contributed by atoms with Gasteiger partial charge in [-0.05, 0) is 59.6 Å². The van der Waals surface area contributed by atoms with E-state index in [0.717, 1.165) is 32.3 Å². The van der Waals surface area contributed by atoms with E-state index in [1.807, 2.05) is 30.5 Å². The molecule has 4 N–H and O–H groups in total. The lowest BCUT2D eigenvalue weighted by Gasteiger charge is -2.21. The molecule has 0 aliphatic rings. The summed E-state index contributed by atoms with van der Waals surface area (Å²) in [5, 5.41) is 5.64. The third-order valence-electron chi connectivity index (χ3n) is 4.98. The molecular formula is C22H22N4O4S. The molecule has 8 nitrogen and oxygen atoms in total. The van der Waals surface area contributed by atoms with Crippen LogP contribution in [0.2, 0.25) is 0 Å². The highest BCUT2D eigenvalue weighted by Gasteiger charge is 2.26. The molecule has 9 heteroatoms. The highest BCUT2D eigenvalue weighted by molar-refractivity contribution is 7.86. The van der Waals surface area contributed by atoms with E-state index in [9.17, 15) is 13.2 Å². The smallest absolute Gasteiger partial charge is 0.347 e. The first-order valence-corrected chi connectivity index (χ1v) is 11.1. The lowest BCUT2D eigenvalue weighted by atomic mass is 10.1. The molecule has 0 bridgehead atoms. The number of aromatic amines is 1. The van der Waals surface area contributed by atoms with E-state index >= 15 is 0 Å². The minimum Gasteiger partial charge on any atom is -0.361 e. The predicted molar refractivity (Wildman–Crippen MR) is 120 cm³/mol. The van der Waals surface area contributed by atoms with Crippen LogP contribution in [-0.2, 0) is 20.8 Å². The minimum absolute atomic E-state index is 0.0494. The Kier molecular flexibility index (Phi) is 5.64. The van der Waals surface area contributed by atoms with E-state index in [4.69, 9.17) is 10.0 Å². The Morgan fingerprint density at radius 1 is 1.10 bits per heavy atom. The Labute approximate surface area is 179 Å². The maximum Gasteiger partial charge on any atom is 0.347 e. The van der Waals surface area contributed by atoms with Gasteiger partial charge < -0.3 is 16.0 Å². The van der Waals surface area contributed by atoms with E-state index in [1.54, 1.807) is 24.3 Å². The largest absolute Gasteiger partial charge is 0.361 e. The highest BCUT2D eigenvalue weighted by Crippen LogP contribution is 2.28. The number of anilines is 1. The zero-order valence-electron chi connectivity index (χ0n) is 16.8. The third kappa shape index (κ3) is 4.11. The van der Waals surface area contributed by atoms with E-state index in [0.29, 0.717) is 13.0 Å². The minimum atomic E-state index is -4.28. The Morgan fingerprint density at radius 2 is 1.87 bits per heavy atom. The average Bonchev–Trinajstić information content (AvgIpc) is 3.19. The van der Waals surface area contributed by atoms with Gasteiger partial charge >= 0.3 is 16.1 Å². The van der Waals surface area contributed by atoms with E-state index in [-0.39, 0.29) is 10.6 Å². The molecule has 4 aromatic rings. The molecule has 31 heavy (non-hydrogen) atoms. The lowest BCUT2D eigenvalue weighted by molar-refractivity contribution is 0.217. The molecule has 0 saturated carbocycles. The van der Waals surface area contributed by atoms with Crippen molar-refractivity contribution in [3.63, 3.8) is 0 Å². The van der Waals surface area contributed by atoms with Crippen molar-refractivity contribution in [2.45, 2.75) is 11.3 Å². The number of nitrogens with two attached hydrogens (primary N) is 1. The Balaban J connectivity index is 1.73. The number of hydrogen-bond acceptors (Lipinski definition) is 5. The third-order valence-corrected chi connectivity index (χ3v) is 6.16. The van der Waals surface area contributed by atoms with Crippen molar-refractivity contribution in [3.8, 4) is 0 Å². The normalized spacial score (nSPS) is 11.7. The molecule has 4 rings (SSSR count). The molecule has 0 aliphatic carbocycles. The van der Waals surface area contributed by atoms with Gasteiger partial charge in [0.25, 0.3) is 0 Å². The molecule has 0 fully saturated rings. The number of H-pyrrole nitrogens is 1. The van der Waals surface area contributed by atoms with Gasteiger partial charge in [0, 0.05) is 24.1 Å². The van der Waals surface area contributed by atoms with Crippen LogP contribution in [0.15, 0.2) is 71.8 Å². The van der Waals surface area contributed by atoms with E-state index in [1.165, 1.54) is 19.2 Å². The summed E-state index contributed by atoms with van der Waals surface area (Å²) in [5.41, 5.74) is 7.76. The molecule has 0 saturated heterocycles. The fraction of sp³-hybridized carbons (Fsp3) is 0.136. The second-order valence-corrected chi connectivity index (χ2v) is 8.50. The number of nitrogens with zero attached hydrogens (tertiary/aromatic N) is 1. The first kappa shape index (κ1) is 20.9. The summed E-state index contributed by atoms with van der Waals surface area (Å²) in [6, 6.07) is 16.4. The summed E-state index contributed by atoms with van der Waals surface area (Å²) in [6.07, 6.45) is 2.48. The van der Waals surface area contributed by atoms with Crippen molar-refractivity contribution in [2.24, 2.45) is 5.73 Å². The van der Waals surface area contributed by atoms with Crippen LogP contribution in [0.25, 0.3) is 21.7 Å². The van der Waals surface area contributed by atoms with Gasteiger partial charge in [0.15, 0.2) is 0 Å². The lowest BCUT2D eigenvalue weighted by Crippen LogP contribution is -2.39. The van der Waals surface area contributed by atoms with E-state index in [2.05, 4.69) is 10.3 Å². The second-order valence-electron chi connectivity index (χ2n) is 6.97. The number of hydrogen-bond donors (Lipinski definition) is 3. The van der Waals surface area contributed by atoms with Gasteiger partial charge in [-0.1, -0.05) is 30.3 Å². The molecule has 1 heterocycles. The number of aromatic nitrogens is 1. The average molecular weight is 439 g/mol. The van der Waals surface area contributed by atoms with Crippen molar-refractivity contribution < 1.29 is 17.5 Å². The maximum atomic E-state index is 13.0. The Morgan fingerprint density at radius 3 is 2.61 bits per heavy atom. The van der Waals surface area contributed by atoms with Crippen molar-refractivity contribution >= 4 is 43.5 Å². The van der Waals surface area contributed by atoms with E-state index < -0.39 is 16.1 Å². The van der Waals surface area contributed by atoms with Crippen molar-refractivity contribution in [1.29, 1.82) is 0 Å². The monoisotopic (exact) mass is 438 g/mol. The number of hydroxylamine groups is 1. The second kappa shape index (κ2) is 8.38. The van der Waals surface area contributed by atoms with Gasteiger partial charge in [-0.15, -0.1) is 4.28 Å². The van der Waals surface area contributed by atoms with Crippen LogP contribution >= 0.6 is 0 Å². The van der Waals surface area contributed by atoms with Crippen LogP contribution in [-0.4, -0.2) is 33.0 Å². The fourth-order valence-electron chi connectivity index (χ4n) is 3.41. The summed E-state index contributed by atoms with van der Waals surface area (Å²) in [7, 11) is -2.88. The van der Waals surface area contributed by atoms with Crippen LogP contribution < -0.4 is 16.1 Å². The number of benzene rings is 3. The molecule has 2 amide bonds. The molecule has 3 aromatic carbocycles. The number of fused-ring (bicyclic) bond motifs is 2. The predicted octanol–water partition coefficient (Wildman–Crippen LogP) is 3.29. The number of rotatable bonds is 6. The Bertz CT molecular complexity index is 1360.